The second-order valence-corrected chi connectivity index (χ2v) is 10.5. The lowest BCUT2D eigenvalue weighted by Gasteiger charge is -2.22. The van der Waals surface area contributed by atoms with Gasteiger partial charge < -0.3 is 4.74 Å². The van der Waals surface area contributed by atoms with Gasteiger partial charge in [0.05, 0.1) is 22.0 Å². The van der Waals surface area contributed by atoms with Crippen molar-refractivity contribution >= 4 is 50.3 Å². The summed E-state index contributed by atoms with van der Waals surface area (Å²) in [5.74, 6) is 0.857. The minimum absolute atomic E-state index is 0.0897. The first kappa shape index (κ1) is 26.1. The second kappa shape index (κ2) is 11.4. The number of hydrogen-bond donors (Lipinski definition) is 0. The van der Waals surface area contributed by atoms with Gasteiger partial charge in [-0.1, -0.05) is 65.0 Å². The van der Waals surface area contributed by atoms with Crippen LogP contribution in [0.2, 0.25) is 5.02 Å². The minimum atomic E-state index is -0.506. The van der Waals surface area contributed by atoms with Crippen molar-refractivity contribution in [3.8, 4) is 5.75 Å². The van der Waals surface area contributed by atoms with Crippen LogP contribution in [0.4, 0.5) is 5.69 Å². The van der Waals surface area contributed by atoms with Crippen LogP contribution < -0.4 is 10.3 Å². The molecule has 1 saturated carbocycles. The van der Waals surface area contributed by atoms with E-state index >= 15 is 0 Å². The minimum Gasteiger partial charge on any atom is -0.482 e. The third kappa shape index (κ3) is 5.63. The molecular weight excluding hydrogens is 572 g/mol. The molecule has 1 fully saturated rings. The first-order valence-electron chi connectivity index (χ1n) is 12.3. The maximum Gasteiger partial charge on any atom is 0.311 e. The highest BCUT2D eigenvalue weighted by atomic mass is 79.9. The number of nitro benzene ring substituents is 1. The molecule has 1 aliphatic carbocycles. The topological polar surface area (TPSA) is 99.6 Å². The van der Waals surface area contributed by atoms with Gasteiger partial charge in [-0.05, 0) is 49.2 Å². The smallest absolute Gasteiger partial charge is 0.311 e. The van der Waals surface area contributed by atoms with Gasteiger partial charge in [-0.3, -0.25) is 14.9 Å². The number of halogens is 2. The lowest BCUT2D eigenvalue weighted by Crippen LogP contribution is -2.25. The van der Waals surface area contributed by atoms with Crippen molar-refractivity contribution in [2.75, 3.05) is 0 Å². The molecule has 1 heterocycles. The maximum atomic E-state index is 13.5. The van der Waals surface area contributed by atoms with Gasteiger partial charge in [0.1, 0.15) is 12.4 Å². The van der Waals surface area contributed by atoms with E-state index in [0.29, 0.717) is 27.3 Å². The monoisotopic (exact) mass is 594 g/mol. The summed E-state index contributed by atoms with van der Waals surface area (Å²) in [6.45, 7) is 0.0897. The first-order valence-corrected chi connectivity index (χ1v) is 13.5. The number of aromatic nitrogens is 2. The maximum absolute atomic E-state index is 13.5. The third-order valence-corrected chi connectivity index (χ3v) is 7.51. The van der Waals surface area contributed by atoms with E-state index in [9.17, 15) is 14.9 Å². The van der Waals surface area contributed by atoms with Crippen molar-refractivity contribution in [3.05, 3.63) is 108 Å². The van der Waals surface area contributed by atoms with Crippen LogP contribution in [0.5, 0.6) is 5.75 Å². The van der Waals surface area contributed by atoms with E-state index in [1.807, 2.05) is 18.2 Å². The molecule has 10 heteroatoms. The second-order valence-electron chi connectivity index (χ2n) is 9.19. The first-order chi connectivity index (χ1) is 18.4. The largest absolute Gasteiger partial charge is 0.482 e. The Hall–Kier alpha value is -3.56. The van der Waals surface area contributed by atoms with Gasteiger partial charge in [0, 0.05) is 32.6 Å². The van der Waals surface area contributed by atoms with Crippen molar-refractivity contribution in [2.45, 2.75) is 44.6 Å². The van der Waals surface area contributed by atoms with Crippen LogP contribution in [-0.4, -0.2) is 20.8 Å². The predicted molar refractivity (Wildman–Crippen MR) is 151 cm³/mol. The number of fused-ring (bicyclic) bond motifs is 1. The molecule has 0 amide bonds. The molecule has 0 spiro atoms. The Morgan fingerprint density at radius 1 is 1.13 bits per heavy atom. The molecule has 0 radical (unpaired) electrons. The molecule has 0 unspecified atom stereocenters. The molecule has 4 aromatic rings. The lowest BCUT2D eigenvalue weighted by molar-refractivity contribution is -0.385. The van der Waals surface area contributed by atoms with Gasteiger partial charge in [0.25, 0.3) is 5.56 Å². The molecule has 0 atom stereocenters. The van der Waals surface area contributed by atoms with E-state index in [-0.39, 0.29) is 29.5 Å². The zero-order chi connectivity index (χ0) is 26.6. The molecular formula is C28H24BrClN4O4. The van der Waals surface area contributed by atoms with Crippen LogP contribution in [0, 0.1) is 10.1 Å². The van der Waals surface area contributed by atoms with Gasteiger partial charge in [0.15, 0.2) is 5.75 Å². The summed E-state index contributed by atoms with van der Waals surface area (Å²) in [6, 6.07) is 17.1. The predicted octanol–water partition coefficient (Wildman–Crippen LogP) is 7.23. The summed E-state index contributed by atoms with van der Waals surface area (Å²) in [5, 5.41) is 17.3. The number of rotatable bonds is 7. The van der Waals surface area contributed by atoms with Crippen LogP contribution >= 0.6 is 27.5 Å². The Morgan fingerprint density at radius 2 is 1.92 bits per heavy atom. The van der Waals surface area contributed by atoms with Gasteiger partial charge in [0.2, 0.25) is 0 Å². The number of ether oxygens (including phenoxy) is 1. The molecule has 0 bridgehead atoms. The average molecular weight is 596 g/mol. The number of hydrogen-bond acceptors (Lipinski definition) is 6. The van der Waals surface area contributed by atoms with E-state index in [0.717, 1.165) is 35.7 Å². The molecule has 0 N–H and O–H groups in total. The van der Waals surface area contributed by atoms with Gasteiger partial charge in [-0.15, -0.1) is 0 Å². The van der Waals surface area contributed by atoms with Crippen molar-refractivity contribution in [1.82, 2.24) is 9.66 Å². The number of nitro groups is 1. The molecule has 38 heavy (non-hydrogen) atoms. The summed E-state index contributed by atoms with van der Waals surface area (Å²) in [6.07, 6.45) is 6.64. The van der Waals surface area contributed by atoms with Gasteiger partial charge in [-0.25, -0.2) is 4.98 Å². The molecule has 194 valence electrons. The highest BCUT2D eigenvalue weighted by Crippen LogP contribution is 2.32. The Balaban J connectivity index is 1.49. The Morgan fingerprint density at radius 3 is 2.68 bits per heavy atom. The van der Waals surface area contributed by atoms with E-state index < -0.39 is 4.92 Å². The summed E-state index contributed by atoms with van der Waals surface area (Å²) < 4.78 is 7.84. The van der Waals surface area contributed by atoms with E-state index in [4.69, 9.17) is 21.3 Å². The van der Waals surface area contributed by atoms with Crippen molar-refractivity contribution in [2.24, 2.45) is 5.10 Å². The Labute approximate surface area is 232 Å². The quantitative estimate of drug-likeness (QED) is 0.127. The molecule has 1 aliphatic rings. The summed E-state index contributed by atoms with van der Waals surface area (Å²) in [5.41, 5.74) is 1.32. The highest BCUT2D eigenvalue weighted by molar-refractivity contribution is 9.10. The number of nitrogens with zero attached hydrogens (tertiary/aromatic N) is 4. The Kier molecular flexibility index (Phi) is 7.85. The fourth-order valence-corrected chi connectivity index (χ4v) is 5.23. The fraction of sp³-hybridized carbons (Fsp3) is 0.250. The lowest BCUT2D eigenvalue weighted by atomic mass is 9.88. The highest BCUT2D eigenvalue weighted by Gasteiger charge is 2.23. The summed E-state index contributed by atoms with van der Waals surface area (Å²) in [7, 11) is 0. The standard InChI is InChI=1S/C28H24BrClN4O4/c29-21-11-12-24-22(15-21)28(35)33(27(32-24)19-6-2-1-3-7-19)31-16-18-10-13-26(25(14-18)34(36)37)38-17-20-8-4-5-9-23(20)30/h4-5,8-16,19H,1-3,6-7,17H2. The molecule has 0 aliphatic heterocycles. The van der Waals surface area contributed by atoms with Crippen molar-refractivity contribution < 1.29 is 9.66 Å². The average Bonchev–Trinajstić information content (AvgIpc) is 2.93. The van der Waals surface area contributed by atoms with Crippen LogP contribution in [0.25, 0.3) is 10.9 Å². The normalized spacial score (nSPS) is 14.3. The summed E-state index contributed by atoms with van der Waals surface area (Å²) in [4.78, 5) is 29.6. The van der Waals surface area contributed by atoms with Crippen LogP contribution in [0.15, 0.2) is 75.0 Å². The molecule has 5 rings (SSSR count). The van der Waals surface area contributed by atoms with E-state index in [1.54, 1.807) is 30.3 Å². The van der Waals surface area contributed by atoms with Crippen molar-refractivity contribution in [3.63, 3.8) is 0 Å². The van der Waals surface area contributed by atoms with Crippen molar-refractivity contribution in [1.29, 1.82) is 0 Å². The SMILES string of the molecule is O=c1c2cc(Br)ccc2nc(C2CCCCC2)n1N=Cc1ccc(OCc2ccccc2Cl)c([N+](=O)[O-])c1. The van der Waals surface area contributed by atoms with E-state index in [2.05, 4.69) is 21.0 Å². The molecule has 0 saturated heterocycles. The van der Waals surface area contributed by atoms with Crippen LogP contribution in [0.3, 0.4) is 0 Å². The zero-order valence-corrected chi connectivity index (χ0v) is 22.7. The molecule has 8 nitrogen and oxygen atoms in total. The number of benzene rings is 3. The van der Waals surface area contributed by atoms with Gasteiger partial charge in [-0.2, -0.15) is 9.78 Å². The fourth-order valence-electron chi connectivity index (χ4n) is 4.68. The zero-order valence-electron chi connectivity index (χ0n) is 20.3. The van der Waals surface area contributed by atoms with Crippen LogP contribution in [0.1, 0.15) is 55.0 Å². The van der Waals surface area contributed by atoms with E-state index in [1.165, 1.54) is 29.4 Å². The van der Waals surface area contributed by atoms with Crippen LogP contribution in [-0.2, 0) is 6.61 Å². The molecule has 1 aromatic heterocycles. The summed E-state index contributed by atoms with van der Waals surface area (Å²) >= 11 is 9.60. The van der Waals surface area contributed by atoms with Gasteiger partial charge >= 0.3 is 5.69 Å². The molecule has 3 aromatic carbocycles. The third-order valence-electron chi connectivity index (χ3n) is 6.65. The Bertz CT molecular complexity index is 1600.